The van der Waals surface area contributed by atoms with Gasteiger partial charge in [0.1, 0.15) is 5.75 Å². The molecule has 3 rings (SSSR count). The van der Waals surface area contributed by atoms with Crippen LogP contribution in [0.25, 0.3) is 0 Å². The molecule has 0 amide bonds. The SMILES string of the molecule is c1cc2c(cc1OCCCN1CCCCC1)CCNCC2. The Bertz CT molecular complexity index is 441. The molecule has 1 saturated heterocycles. The maximum absolute atomic E-state index is 5.96. The topological polar surface area (TPSA) is 24.5 Å². The zero-order valence-corrected chi connectivity index (χ0v) is 13.1. The molecule has 0 atom stereocenters. The average Bonchev–Trinajstić information content (AvgIpc) is 2.77. The molecule has 1 fully saturated rings. The summed E-state index contributed by atoms with van der Waals surface area (Å²) in [6, 6.07) is 6.65. The van der Waals surface area contributed by atoms with Gasteiger partial charge in [-0.05, 0) is 81.5 Å². The van der Waals surface area contributed by atoms with Crippen molar-refractivity contribution in [1.29, 1.82) is 0 Å². The van der Waals surface area contributed by atoms with Crippen LogP contribution in [-0.2, 0) is 12.8 Å². The van der Waals surface area contributed by atoms with Crippen molar-refractivity contribution in [1.82, 2.24) is 10.2 Å². The Morgan fingerprint density at radius 2 is 1.81 bits per heavy atom. The highest BCUT2D eigenvalue weighted by molar-refractivity contribution is 5.36. The maximum Gasteiger partial charge on any atom is 0.119 e. The molecule has 1 aromatic rings. The minimum absolute atomic E-state index is 0.841. The van der Waals surface area contributed by atoms with Crippen molar-refractivity contribution in [2.45, 2.75) is 38.5 Å². The van der Waals surface area contributed by atoms with Crippen molar-refractivity contribution in [3.8, 4) is 5.75 Å². The number of likely N-dealkylation sites (tertiary alicyclic amines) is 1. The second-order valence-corrected chi connectivity index (χ2v) is 6.28. The lowest BCUT2D eigenvalue weighted by Crippen LogP contribution is -2.31. The first-order chi connectivity index (χ1) is 10.4. The fourth-order valence-corrected chi connectivity index (χ4v) is 3.40. The Morgan fingerprint density at radius 3 is 2.67 bits per heavy atom. The van der Waals surface area contributed by atoms with Crippen LogP contribution in [0.1, 0.15) is 36.8 Å². The van der Waals surface area contributed by atoms with Crippen LogP contribution in [0.15, 0.2) is 18.2 Å². The van der Waals surface area contributed by atoms with E-state index in [2.05, 4.69) is 28.4 Å². The highest BCUT2D eigenvalue weighted by Crippen LogP contribution is 2.20. The second-order valence-electron chi connectivity index (χ2n) is 6.28. The number of hydrogen-bond donors (Lipinski definition) is 1. The van der Waals surface area contributed by atoms with Gasteiger partial charge in [-0.2, -0.15) is 0 Å². The molecule has 1 aromatic carbocycles. The number of nitrogens with one attached hydrogen (secondary N) is 1. The van der Waals surface area contributed by atoms with Crippen molar-refractivity contribution < 1.29 is 4.74 Å². The van der Waals surface area contributed by atoms with E-state index in [1.165, 1.54) is 50.0 Å². The summed E-state index contributed by atoms with van der Waals surface area (Å²) in [7, 11) is 0. The Labute approximate surface area is 128 Å². The van der Waals surface area contributed by atoms with Gasteiger partial charge in [0.15, 0.2) is 0 Å². The number of piperidine rings is 1. The first kappa shape index (κ1) is 14.9. The minimum atomic E-state index is 0.841. The lowest BCUT2D eigenvalue weighted by molar-refractivity contribution is 0.205. The Balaban J connectivity index is 1.43. The van der Waals surface area contributed by atoms with Crippen molar-refractivity contribution in [2.24, 2.45) is 0 Å². The minimum Gasteiger partial charge on any atom is -0.494 e. The highest BCUT2D eigenvalue weighted by Gasteiger charge is 2.10. The van der Waals surface area contributed by atoms with Crippen LogP contribution in [0.3, 0.4) is 0 Å². The lowest BCUT2D eigenvalue weighted by Gasteiger charge is -2.26. The molecular weight excluding hydrogens is 260 g/mol. The number of benzene rings is 1. The summed E-state index contributed by atoms with van der Waals surface area (Å²) in [6.45, 7) is 6.79. The zero-order chi connectivity index (χ0) is 14.3. The van der Waals surface area contributed by atoms with Gasteiger partial charge in [0, 0.05) is 6.54 Å². The van der Waals surface area contributed by atoms with Crippen LogP contribution in [0.4, 0.5) is 0 Å². The number of nitrogens with zero attached hydrogens (tertiary/aromatic N) is 1. The van der Waals surface area contributed by atoms with Crippen LogP contribution >= 0.6 is 0 Å². The molecule has 21 heavy (non-hydrogen) atoms. The third-order valence-corrected chi connectivity index (χ3v) is 4.66. The zero-order valence-electron chi connectivity index (χ0n) is 13.1. The lowest BCUT2D eigenvalue weighted by atomic mass is 10.0. The first-order valence-electron chi connectivity index (χ1n) is 8.59. The number of hydrogen-bond acceptors (Lipinski definition) is 3. The molecule has 116 valence electrons. The Hall–Kier alpha value is -1.06. The molecule has 2 aliphatic rings. The van der Waals surface area contributed by atoms with Gasteiger partial charge < -0.3 is 15.0 Å². The average molecular weight is 288 g/mol. The van der Waals surface area contributed by atoms with Crippen molar-refractivity contribution >= 4 is 0 Å². The van der Waals surface area contributed by atoms with E-state index in [4.69, 9.17) is 4.74 Å². The van der Waals surface area contributed by atoms with Gasteiger partial charge in [-0.15, -0.1) is 0 Å². The summed E-state index contributed by atoms with van der Waals surface area (Å²) in [6.07, 6.45) is 7.57. The molecule has 0 bridgehead atoms. The molecule has 2 aliphatic heterocycles. The summed E-state index contributed by atoms with van der Waals surface area (Å²) < 4.78 is 5.96. The Morgan fingerprint density at radius 1 is 1.00 bits per heavy atom. The summed E-state index contributed by atoms with van der Waals surface area (Å²) in [5, 5.41) is 3.46. The molecule has 0 radical (unpaired) electrons. The van der Waals surface area contributed by atoms with Gasteiger partial charge in [-0.1, -0.05) is 12.5 Å². The van der Waals surface area contributed by atoms with Crippen molar-refractivity contribution in [3.63, 3.8) is 0 Å². The van der Waals surface area contributed by atoms with Gasteiger partial charge >= 0.3 is 0 Å². The molecule has 0 spiro atoms. The van der Waals surface area contributed by atoms with Gasteiger partial charge in [0.05, 0.1) is 6.61 Å². The summed E-state index contributed by atoms with van der Waals surface area (Å²) in [4.78, 5) is 2.58. The van der Waals surface area contributed by atoms with E-state index in [0.29, 0.717) is 0 Å². The fraction of sp³-hybridized carbons (Fsp3) is 0.667. The third-order valence-electron chi connectivity index (χ3n) is 4.66. The van der Waals surface area contributed by atoms with E-state index in [1.54, 1.807) is 0 Å². The molecule has 0 unspecified atom stereocenters. The van der Waals surface area contributed by atoms with Crippen LogP contribution < -0.4 is 10.1 Å². The van der Waals surface area contributed by atoms with Crippen molar-refractivity contribution in [2.75, 3.05) is 39.3 Å². The molecule has 0 aliphatic carbocycles. The van der Waals surface area contributed by atoms with Crippen LogP contribution in [-0.4, -0.2) is 44.2 Å². The molecular formula is C18H28N2O. The molecule has 1 N–H and O–H groups in total. The number of fused-ring (bicyclic) bond motifs is 1. The molecule has 3 heteroatoms. The Kier molecular flexibility index (Phi) is 5.53. The number of rotatable bonds is 5. The summed E-state index contributed by atoms with van der Waals surface area (Å²) in [5.74, 6) is 1.05. The van der Waals surface area contributed by atoms with E-state index in [1.807, 2.05) is 0 Å². The van der Waals surface area contributed by atoms with Gasteiger partial charge in [0.2, 0.25) is 0 Å². The summed E-state index contributed by atoms with van der Waals surface area (Å²) in [5.41, 5.74) is 2.95. The normalized spacial score (nSPS) is 19.8. The predicted octanol–water partition coefficient (Wildman–Crippen LogP) is 2.63. The smallest absolute Gasteiger partial charge is 0.119 e. The van der Waals surface area contributed by atoms with Gasteiger partial charge in [0.25, 0.3) is 0 Å². The molecule has 3 nitrogen and oxygen atoms in total. The second kappa shape index (κ2) is 7.81. The van der Waals surface area contributed by atoms with E-state index in [9.17, 15) is 0 Å². The van der Waals surface area contributed by atoms with Gasteiger partial charge in [-0.25, -0.2) is 0 Å². The molecule has 0 saturated carbocycles. The van der Waals surface area contributed by atoms with E-state index >= 15 is 0 Å². The maximum atomic E-state index is 5.96. The molecule has 2 heterocycles. The number of ether oxygens (including phenoxy) is 1. The predicted molar refractivity (Wildman–Crippen MR) is 87.1 cm³/mol. The quantitative estimate of drug-likeness (QED) is 0.843. The first-order valence-corrected chi connectivity index (χ1v) is 8.59. The van der Waals surface area contributed by atoms with Crippen LogP contribution in [0.5, 0.6) is 5.75 Å². The van der Waals surface area contributed by atoms with Crippen molar-refractivity contribution in [3.05, 3.63) is 29.3 Å². The largest absolute Gasteiger partial charge is 0.494 e. The van der Waals surface area contributed by atoms with Crippen LogP contribution in [0, 0.1) is 0 Å². The van der Waals surface area contributed by atoms with E-state index < -0.39 is 0 Å². The van der Waals surface area contributed by atoms with Gasteiger partial charge in [-0.3, -0.25) is 0 Å². The van der Waals surface area contributed by atoms with E-state index in [-0.39, 0.29) is 0 Å². The fourth-order valence-electron chi connectivity index (χ4n) is 3.40. The van der Waals surface area contributed by atoms with Crippen LogP contribution in [0.2, 0.25) is 0 Å². The van der Waals surface area contributed by atoms with E-state index in [0.717, 1.165) is 44.7 Å². The third kappa shape index (κ3) is 4.45. The standard InChI is InChI=1S/C18H28N2O/c1-2-11-20(12-3-1)13-4-14-21-18-6-5-16-7-9-19-10-8-17(16)15-18/h5-6,15,19H,1-4,7-14H2. The molecule has 0 aromatic heterocycles. The highest BCUT2D eigenvalue weighted by atomic mass is 16.5. The monoisotopic (exact) mass is 288 g/mol. The summed E-state index contributed by atoms with van der Waals surface area (Å²) >= 11 is 0.